The molecule has 5 rings (SSSR count). The van der Waals surface area contributed by atoms with Crippen LogP contribution in [0, 0.1) is 5.92 Å². The summed E-state index contributed by atoms with van der Waals surface area (Å²) in [5.41, 5.74) is 3.35. The van der Waals surface area contributed by atoms with Crippen LogP contribution in [0.1, 0.15) is 31.4 Å². The molecule has 0 radical (unpaired) electrons. The van der Waals surface area contributed by atoms with Crippen LogP contribution in [0.4, 0.5) is 5.82 Å². The van der Waals surface area contributed by atoms with E-state index in [1.54, 1.807) is 12.3 Å². The maximum absolute atomic E-state index is 10.4. The van der Waals surface area contributed by atoms with E-state index in [1.165, 1.54) is 18.4 Å². The number of hydrogen-bond donors (Lipinski definition) is 2. The highest BCUT2D eigenvalue weighted by Gasteiger charge is 2.24. The minimum absolute atomic E-state index is 0.0882. The van der Waals surface area contributed by atoms with E-state index in [9.17, 15) is 5.11 Å². The van der Waals surface area contributed by atoms with Gasteiger partial charge in [0.05, 0.1) is 22.5 Å². The normalized spacial score (nSPS) is 17.3. The lowest BCUT2D eigenvalue weighted by atomic mass is 9.97. The van der Waals surface area contributed by atoms with E-state index in [1.807, 2.05) is 34.8 Å². The Balaban J connectivity index is 1.30. The van der Waals surface area contributed by atoms with Crippen LogP contribution in [-0.4, -0.2) is 57.4 Å². The number of halogens is 1. The van der Waals surface area contributed by atoms with Crippen molar-refractivity contribution in [3.05, 3.63) is 76.9 Å². The van der Waals surface area contributed by atoms with Crippen LogP contribution in [0.25, 0.3) is 16.9 Å². The van der Waals surface area contributed by atoms with E-state index in [4.69, 9.17) is 9.72 Å². The highest BCUT2D eigenvalue weighted by Crippen LogP contribution is 2.31. The molecule has 2 unspecified atom stereocenters. The quantitative estimate of drug-likeness (QED) is 0.276. The zero-order valence-corrected chi connectivity index (χ0v) is 22.1. The molecule has 36 heavy (non-hydrogen) atoms. The minimum Gasteiger partial charge on any atom is -0.507 e. The van der Waals surface area contributed by atoms with Gasteiger partial charge in [0.25, 0.3) is 0 Å². The molecule has 1 fully saturated rings. The average molecular weight is 551 g/mol. The highest BCUT2D eigenvalue weighted by atomic mass is 79.9. The predicted octanol–water partition coefficient (Wildman–Crippen LogP) is 5.77. The first-order chi connectivity index (χ1) is 17.6. The lowest BCUT2D eigenvalue weighted by molar-refractivity contribution is 0.0222. The summed E-state index contributed by atoms with van der Waals surface area (Å²) in [6, 6.07) is 19.8. The second kappa shape index (κ2) is 11.4. The topological polar surface area (TPSA) is 74.9 Å². The number of ether oxygens (including phenoxy) is 1. The Morgan fingerprint density at radius 2 is 1.97 bits per heavy atom. The van der Waals surface area contributed by atoms with Gasteiger partial charge in [-0.2, -0.15) is 9.61 Å². The Labute approximate surface area is 220 Å². The lowest BCUT2D eigenvalue weighted by Gasteiger charge is -2.35. The number of aromatic nitrogens is 3. The van der Waals surface area contributed by atoms with Crippen LogP contribution in [0.15, 0.2) is 71.3 Å². The summed E-state index contributed by atoms with van der Waals surface area (Å²) >= 11 is 3.56. The number of para-hydroxylation sites is 1. The Hall–Kier alpha value is -2.94. The Morgan fingerprint density at radius 1 is 1.17 bits per heavy atom. The molecule has 4 aromatic rings. The van der Waals surface area contributed by atoms with Gasteiger partial charge in [0.2, 0.25) is 0 Å². The predicted molar refractivity (Wildman–Crippen MR) is 146 cm³/mol. The SMILES string of the molecule is CCOC(CN1CCCC(CNc2cc(-c3ccccc3O)nc3c(Br)cnn23)C1)c1ccccc1. The van der Waals surface area contributed by atoms with Gasteiger partial charge >= 0.3 is 0 Å². The molecular formula is C28H32BrN5O2. The molecule has 2 N–H and O–H groups in total. The molecule has 3 heterocycles. The molecule has 2 aromatic carbocycles. The minimum atomic E-state index is 0.0882. The molecule has 7 nitrogen and oxygen atoms in total. The maximum atomic E-state index is 10.4. The number of phenolic OH excluding ortho intramolecular Hbond substituents is 1. The lowest BCUT2D eigenvalue weighted by Crippen LogP contribution is -2.40. The summed E-state index contributed by atoms with van der Waals surface area (Å²) < 4.78 is 8.74. The van der Waals surface area contributed by atoms with E-state index < -0.39 is 0 Å². The second-order valence-corrected chi connectivity index (χ2v) is 10.1. The molecule has 0 saturated carbocycles. The van der Waals surface area contributed by atoms with Crippen molar-refractivity contribution in [3.8, 4) is 17.0 Å². The first-order valence-corrected chi connectivity index (χ1v) is 13.4. The highest BCUT2D eigenvalue weighted by molar-refractivity contribution is 9.10. The third-order valence-corrected chi connectivity index (χ3v) is 7.31. The third kappa shape index (κ3) is 5.56. The molecule has 1 aliphatic rings. The largest absolute Gasteiger partial charge is 0.507 e. The number of fused-ring (bicyclic) bond motifs is 1. The van der Waals surface area contributed by atoms with Crippen molar-refractivity contribution in [1.82, 2.24) is 19.5 Å². The molecule has 8 heteroatoms. The van der Waals surface area contributed by atoms with E-state index in [0.29, 0.717) is 29.4 Å². The summed E-state index contributed by atoms with van der Waals surface area (Å²) in [7, 11) is 0. The molecule has 1 aliphatic heterocycles. The van der Waals surface area contributed by atoms with Gasteiger partial charge in [-0.3, -0.25) is 0 Å². The van der Waals surface area contributed by atoms with Gasteiger partial charge in [-0.05, 0) is 65.9 Å². The summed E-state index contributed by atoms with van der Waals surface area (Å²) in [6.07, 6.45) is 4.19. The molecule has 1 saturated heterocycles. The van der Waals surface area contributed by atoms with Gasteiger partial charge in [-0.25, -0.2) is 4.98 Å². The maximum Gasteiger partial charge on any atom is 0.172 e. The van der Waals surface area contributed by atoms with E-state index >= 15 is 0 Å². The van der Waals surface area contributed by atoms with Crippen LogP contribution in [0.2, 0.25) is 0 Å². The zero-order valence-electron chi connectivity index (χ0n) is 20.5. The Bertz CT molecular complexity index is 1300. The van der Waals surface area contributed by atoms with Crippen molar-refractivity contribution >= 4 is 27.4 Å². The molecule has 2 aromatic heterocycles. The van der Waals surface area contributed by atoms with Gasteiger partial charge in [0.1, 0.15) is 11.6 Å². The monoisotopic (exact) mass is 549 g/mol. The molecular weight excluding hydrogens is 518 g/mol. The fraction of sp³-hybridized carbons (Fsp3) is 0.357. The van der Waals surface area contributed by atoms with Gasteiger partial charge in [0.15, 0.2) is 5.65 Å². The fourth-order valence-corrected chi connectivity index (χ4v) is 5.33. The number of hydrogen-bond acceptors (Lipinski definition) is 6. The Morgan fingerprint density at radius 3 is 2.78 bits per heavy atom. The van der Waals surface area contributed by atoms with Crippen LogP contribution in [0.3, 0.4) is 0 Å². The van der Waals surface area contributed by atoms with Crippen molar-refractivity contribution in [3.63, 3.8) is 0 Å². The van der Waals surface area contributed by atoms with E-state index in [0.717, 1.165) is 36.5 Å². The smallest absolute Gasteiger partial charge is 0.172 e. The standard InChI is InChI=1S/C28H32BrN5O2/c1-2-36-26(21-10-4-3-5-11-21)19-33-14-8-9-20(18-33)16-30-27-15-24(22-12-6-7-13-25(22)35)32-28-23(29)17-31-34(27)28/h3-7,10-13,15,17,20,26,30,35H,2,8-9,14,16,18-19H2,1H3. The van der Waals surface area contributed by atoms with Gasteiger partial charge in [-0.15, -0.1) is 0 Å². The first-order valence-electron chi connectivity index (χ1n) is 12.6. The zero-order chi connectivity index (χ0) is 24.9. The number of piperidine rings is 1. The van der Waals surface area contributed by atoms with Crippen molar-refractivity contribution in [2.24, 2.45) is 5.92 Å². The van der Waals surface area contributed by atoms with E-state index in [-0.39, 0.29) is 11.9 Å². The first kappa shape index (κ1) is 24.7. The van der Waals surface area contributed by atoms with Crippen molar-refractivity contribution < 1.29 is 9.84 Å². The molecule has 188 valence electrons. The average Bonchev–Trinajstić information content (AvgIpc) is 3.28. The number of phenols is 1. The number of anilines is 1. The number of benzene rings is 2. The number of aromatic hydroxyl groups is 1. The van der Waals surface area contributed by atoms with Gasteiger partial charge in [0, 0.05) is 37.9 Å². The molecule has 0 spiro atoms. The third-order valence-electron chi connectivity index (χ3n) is 6.75. The molecule has 0 aliphatic carbocycles. The van der Waals surface area contributed by atoms with Gasteiger partial charge in [-0.1, -0.05) is 42.5 Å². The number of nitrogens with zero attached hydrogens (tertiary/aromatic N) is 4. The summed E-state index contributed by atoms with van der Waals surface area (Å²) in [5, 5.41) is 18.5. The molecule has 0 amide bonds. The second-order valence-electron chi connectivity index (χ2n) is 9.28. The number of likely N-dealkylation sites (tertiary alicyclic amines) is 1. The summed E-state index contributed by atoms with van der Waals surface area (Å²) in [6.45, 7) is 6.61. The van der Waals surface area contributed by atoms with Crippen LogP contribution in [0.5, 0.6) is 5.75 Å². The number of rotatable bonds is 9. The van der Waals surface area contributed by atoms with Crippen LogP contribution < -0.4 is 5.32 Å². The van der Waals surface area contributed by atoms with Crippen molar-refractivity contribution in [2.45, 2.75) is 25.9 Å². The molecule has 0 bridgehead atoms. The number of nitrogens with one attached hydrogen (secondary N) is 1. The van der Waals surface area contributed by atoms with Crippen LogP contribution in [-0.2, 0) is 4.74 Å². The molecule has 2 atom stereocenters. The summed E-state index contributed by atoms with van der Waals surface area (Å²) in [4.78, 5) is 7.27. The fourth-order valence-electron chi connectivity index (χ4n) is 4.98. The van der Waals surface area contributed by atoms with Crippen molar-refractivity contribution in [2.75, 3.05) is 38.1 Å². The van der Waals surface area contributed by atoms with Crippen molar-refractivity contribution in [1.29, 1.82) is 0 Å². The van der Waals surface area contributed by atoms with Gasteiger partial charge < -0.3 is 20.1 Å². The van der Waals surface area contributed by atoms with E-state index in [2.05, 4.69) is 62.4 Å². The van der Waals surface area contributed by atoms with Crippen LogP contribution >= 0.6 is 15.9 Å². The Kier molecular flexibility index (Phi) is 7.84. The summed E-state index contributed by atoms with van der Waals surface area (Å²) in [5.74, 6) is 1.58.